The molecule has 1 aromatic heterocycles. The van der Waals surface area contributed by atoms with E-state index in [4.69, 9.17) is 0 Å². The Balaban J connectivity index is 2.68. The third-order valence-electron chi connectivity index (χ3n) is 3.33. The molecule has 18 heavy (non-hydrogen) atoms. The highest BCUT2D eigenvalue weighted by Gasteiger charge is 2.11. The second-order valence-corrected chi connectivity index (χ2v) is 4.83. The first-order valence-electron chi connectivity index (χ1n) is 6.22. The summed E-state index contributed by atoms with van der Waals surface area (Å²) in [5.41, 5.74) is 2.14. The van der Waals surface area contributed by atoms with Crippen molar-refractivity contribution in [3.05, 3.63) is 58.8 Å². The third-order valence-corrected chi connectivity index (χ3v) is 3.33. The van der Waals surface area contributed by atoms with Crippen LogP contribution in [-0.4, -0.2) is 4.57 Å². The highest BCUT2D eigenvalue weighted by atomic mass is 16.1. The van der Waals surface area contributed by atoms with Gasteiger partial charge in [-0.15, -0.1) is 0 Å². The molecule has 2 aromatic carbocycles. The molecule has 0 radical (unpaired) electrons. The highest BCUT2D eigenvalue weighted by molar-refractivity contribution is 5.93. The maximum absolute atomic E-state index is 12.4. The van der Waals surface area contributed by atoms with Gasteiger partial charge in [-0.1, -0.05) is 24.3 Å². The summed E-state index contributed by atoms with van der Waals surface area (Å²) in [4.78, 5) is 12.4. The highest BCUT2D eigenvalue weighted by Crippen LogP contribution is 2.22. The molecule has 3 rings (SSSR count). The van der Waals surface area contributed by atoms with Crippen LogP contribution in [-0.2, 0) is 0 Å². The molecule has 0 saturated heterocycles. The fourth-order valence-corrected chi connectivity index (χ4v) is 2.58. The van der Waals surface area contributed by atoms with E-state index in [1.807, 2.05) is 48.5 Å². The van der Waals surface area contributed by atoms with Gasteiger partial charge in [-0.2, -0.15) is 0 Å². The predicted molar refractivity (Wildman–Crippen MR) is 76.1 cm³/mol. The summed E-state index contributed by atoms with van der Waals surface area (Å²) in [7, 11) is 0. The number of fused-ring (bicyclic) bond motifs is 2. The van der Waals surface area contributed by atoms with Crippen LogP contribution >= 0.6 is 0 Å². The molecular formula is C16H15NO. The normalized spacial score (nSPS) is 11.5. The summed E-state index contributed by atoms with van der Waals surface area (Å²) in [6, 6.07) is 16.0. The van der Waals surface area contributed by atoms with Gasteiger partial charge in [0, 0.05) is 16.8 Å². The van der Waals surface area contributed by atoms with Gasteiger partial charge in [-0.25, -0.2) is 0 Å². The summed E-state index contributed by atoms with van der Waals surface area (Å²) in [5.74, 6) is 0. The summed E-state index contributed by atoms with van der Waals surface area (Å²) in [6.07, 6.45) is 0. The summed E-state index contributed by atoms with van der Waals surface area (Å²) < 4.78 is 2.23. The minimum atomic E-state index is 0.123. The average Bonchev–Trinajstić information content (AvgIpc) is 2.39. The van der Waals surface area contributed by atoms with E-state index < -0.39 is 0 Å². The van der Waals surface area contributed by atoms with E-state index in [-0.39, 0.29) is 5.43 Å². The topological polar surface area (TPSA) is 22.0 Å². The van der Waals surface area contributed by atoms with Gasteiger partial charge in [-0.3, -0.25) is 4.79 Å². The van der Waals surface area contributed by atoms with Crippen LogP contribution in [0.1, 0.15) is 19.9 Å². The van der Waals surface area contributed by atoms with Gasteiger partial charge in [0.25, 0.3) is 0 Å². The molecule has 1 heterocycles. The van der Waals surface area contributed by atoms with Crippen molar-refractivity contribution in [1.82, 2.24) is 4.57 Å². The maximum Gasteiger partial charge on any atom is 0.197 e. The van der Waals surface area contributed by atoms with Crippen LogP contribution in [0.5, 0.6) is 0 Å². The Morgan fingerprint density at radius 2 is 1.28 bits per heavy atom. The standard InChI is InChI=1S/C16H15NO/c1-11(2)17-14-9-5-3-7-12(14)16(18)13-8-4-6-10-15(13)17/h3-11H,1-2H3. The Morgan fingerprint density at radius 3 is 1.72 bits per heavy atom. The van der Waals surface area contributed by atoms with Crippen molar-refractivity contribution in [3.63, 3.8) is 0 Å². The number of rotatable bonds is 1. The Kier molecular flexibility index (Phi) is 2.44. The van der Waals surface area contributed by atoms with Gasteiger partial charge in [0.15, 0.2) is 5.43 Å². The molecule has 0 bridgehead atoms. The van der Waals surface area contributed by atoms with E-state index in [2.05, 4.69) is 18.4 Å². The van der Waals surface area contributed by atoms with Gasteiger partial charge in [0.1, 0.15) is 0 Å². The van der Waals surface area contributed by atoms with Gasteiger partial charge in [-0.05, 0) is 38.1 Å². The van der Waals surface area contributed by atoms with Crippen molar-refractivity contribution >= 4 is 21.8 Å². The van der Waals surface area contributed by atoms with E-state index in [0.717, 1.165) is 21.8 Å². The molecule has 0 aliphatic heterocycles. The van der Waals surface area contributed by atoms with Crippen LogP contribution in [0.3, 0.4) is 0 Å². The molecular weight excluding hydrogens is 222 g/mol. The van der Waals surface area contributed by atoms with E-state index in [9.17, 15) is 4.79 Å². The minimum absolute atomic E-state index is 0.123. The van der Waals surface area contributed by atoms with Crippen LogP contribution in [0.25, 0.3) is 21.8 Å². The lowest BCUT2D eigenvalue weighted by Crippen LogP contribution is -2.12. The fourth-order valence-electron chi connectivity index (χ4n) is 2.58. The Hall–Kier alpha value is -2.09. The molecule has 0 unspecified atom stereocenters. The Morgan fingerprint density at radius 1 is 0.833 bits per heavy atom. The quantitative estimate of drug-likeness (QED) is 0.591. The predicted octanol–water partition coefficient (Wildman–Crippen LogP) is 3.74. The van der Waals surface area contributed by atoms with Crippen molar-refractivity contribution in [2.45, 2.75) is 19.9 Å². The SMILES string of the molecule is CC(C)n1c2ccccc2c(=O)c2ccccc21. The zero-order valence-electron chi connectivity index (χ0n) is 10.6. The number of hydrogen-bond acceptors (Lipinski definition) is 1. The molecule has 0 amide bonds. The van der Waals surface area contributed by atoms with Gasteiger partial charge >= 0.3 is 0 Å². The Labute approximate surface area is 105 Å². The van der Waals surface area contributed by atoms with Gasteiger partial charge in [0.05, 0.1) is 11.0 Å². The summed E-state index contributed by atoms with van der Waals surface area (Å²) >= 11 is 0. The number of nitrogens with zero attached hydrogens (tertiary/aromatic N) is 1. The third kappa shape index (κ3) is 1.46. The number of hydrogen-bond donors (Lipinski definition) is 0. The molecule has 2 heteroatoms. The van der Waals surface area contributed by atoms with Crippen molar-refractivity contribution < 1.29 is 0 Å². The van der Waals surface area contributed by atoms with Crippen LogP contribution < -0.4 is 5.43 Å². The van der Waals surface area contributed by atoms with Crippen molar-refractivity contribution in [1.29, 1.82) is 0 Å². The van der Waals surface area contributed by atoms with Crippen LogP contribution in [0.4, 0.5) is 0 Å². The summed E-state index contributed by atoms with van der Waals surface area (Å²) in [6.45, 7) is 4.28. The first kappa shape index (κ1) is 11.0. The average molecular weight is 237 g/mol. The molecule has 90 valence electrons. The second-order valence-electron chi connectivity index (χ2n) is 4.83. The van der Waals surface area contributed by atoms with Crippen LogP contribution in [0.15, 0.2) is 53.3 Å². The molecule has 0 aliphatic rings. The van der Waals surface area contributed by atoms with Gasteiger partial charge in [0.2, 0.25) is 0 Å². The van der Waals surface area contributed by atoms with Gasteiger partial charge < -0.3 is 4.57 Å². The second kappa shape index (κ2) is 3.98. The minimum Gasteiger partial charge on any atom is -0.338 e. The first-order chi connectivity index (χ1) is 8.70. The lowest BCUT2D eigenvalue weighted by molar-refractivity contribution is 0.639. The lowest BCUT2D eigenvalue weighted by atomic mass is 10.1. The molecule has 0 saturated carbocycles. The molecule has 0 aliphatic carbocycles. The number of aromatic nitrogens is 1. The van der Waals surface area contributed by atoms with Crippen molar-refractivity contribution in [2.24, 2.45) is 0 Å². The first-order valence-corrected chi connectivity index (χ1v) is 6.22. The molecule has 0 spiro atoms. The van der Waals surface area contributed by atoms with E-state index >= 15 is 0 Å². The zero-order valence-corrected chi connectivity index (χ0v) is 10.6. The molecule has 0 atom stereocenters. The molecule has 3 aromatic rings. The zero-order chi connectivity index (χ0) is 12.7. The summed E-state index contributed by atoms with van der Waals surface area (Å²) in [5, 5.41) is 1.59. The Bertz CT molecular complexity index is 724. The van der Waals surface area contributed by atoms with Crippen molar-refractivity contribution in [2.75, 3.05) is 0 Å². The maximum atomic E-state index is 12.4. The van der Waals surface area contributed by atoms with Crippen LogP contribution in [0.2, 0.25) is 0 Å². The smallest absolute Gasteiger partial charge is 0.197 e. The molecule has 2 nitrogen and oxygen atoms in total. The molecule has 0 fully saturated rings. The molecule has 0 N–H and O–H groups in total. The van der Waals surface area contributed by atoms with E-state index in [1.165, 1.54) is 0 Å². The lowest BCUT2D eigenvalue weighted by Gasteiger charge is -2.18. The van der Waals surface area contributed by atoms with E-state index in [0.29, 0.717) is 6.04 Å². The number of pyridine rings is 1. The number of benzene rings is 2. The monoisotopic (exact) mass is 237 g/mol. The van der Waals surface area contributed by atoms with E-state index in [1.54, 1.807) is 0 Å². The largest absolute Gasteiger partial charge is 0.338 e. The number of para-hydroxylation sites is 2. The van der Waals surface area contributed by atoms with Crippen LogP contribution in [0, 0.1) is 0 Å². The van der Waals surface area contributed by atoms with Crippen molar-refractivity contribution in [3.8, 4) is 0 Å². The fraction of sp³-hybridized carbons (Fsp3) is 0.188.